The molecule has 1 saturated heterocycles. The van der Waals surface area contributed by atoms with Crippen LogP contribution in [0.1, 0.15) is 31.2 Å². The van der Waals surface area contributed by atoms with E-state index in [0.29, 0.717) is 18.9 Å². The second kappa shape index (κ2) is 7.62. The van der Waals surface area contributed by atoms with Crippen LogP contribution in [0.15, 0.2) is 36.4 Å². The molecule has 1 atom stereocenters. The van der Waals surface area contributed by atoms with Gasteiger partial charge in [0.15, 0.2) is 0 Å². The highest BCUT2D eigenvalue weighted by atomic mass is 16.4. The molecule has 0 bridgehead atoms. The summed E-state index contributed by atoms with van der Waals surface area (Å²) in [7, 11) is 0. The normalized spacial score (nSPS) is 18.9. The Balaban J connectivity index is 1.87. The van der Waals surface area contributed by atoms with Crippen molar-refractivity contribution in [2.24, 2.45) is 5.92 Å². The van der Waals surface area contributed by atoms with Gasteiger partial charge in [0.2, 0.25) is 5.91 Å². The van der Waals surface area contributed by atoms with Crippen molar-refractivity contribution in [2.45, 2.75) is 25.7 Å². The van der Waals surface area contributed by atoms with E-state index in [2.05, 4.69) is 0 Å². The second-order valence-corrected chi connectivity index (χ2v) is 5.47. The van der Waals surface area contributed by atoms with Gasteiger partial charge in [-0.05, 0) is 36.8 Å². The number of carbonyl (C=O) groups is 2. The monoisotopic (exact) mass is 287 g/mol. The predicted octanol–water partition coefficient (Wildman–Crippen LogP) is 2.80. The third-order valence-electron chi connectivity index (χ3n) is 3.82. The smallest absolute Gasteiger partial charge is 0.303 e. The minimum Gasteiger partial charge on any atom is -0.481 e. The minimum atomic E-state index is -0.762. The van der Waals surface area contributed by atoms with Crippen molar-refractivity contribution in [3.63, 3.8) is 0 Å². The van der Waals surface area contributed by atoms with Crippen LogP contribution < -0.4 is 0 Å². The Labute approximate surface area is 125 Å². The van der Waals surface area contributed by atoms with E-state index < -0.39 is 5.97 Å². The molecule has 0 aliphatic carbocycles. The highest BCUT2D eigenvalue weighted by molar-refractivity contribution is 5.91. The molecule has 1 heterocycles. The minimum absolute atomic E-state index is 0.0129. The summed E-state index contributed by atoms with van der Waals surface area (Å²) in [6.07, 6.45) is 6.24. The molecule has 1 amide bonds. The number of hydrogen-bond donors (Lipinski definition) is 1. The van der Waals surface area contributed by atoms with Gasteiger partial charge >= 0.3 is 5.97 Å². The first-order valence-corrected chi connectivity index (χ1v) is 7.39. The highest BCUT2D eigenvalue weighted by Crippen LogP contribution is 2.21. The van der Waals surface area contributed by atoms with E-state index in [4.69, 9.17) is 5.11 Å². The maximum Gasteiger partial charge on any atom is 0.303 e. The van der Waals surface area contributed by atoms with E-state index in [1.807, 2.05) is 41.3 Å². The summed E-state index contributed by atoms with van der Waals surface area (Å²) < 4.78 is 0. The summed E-state index contributed by atoms with van der Waals surface area (Å²) in [6, 6.07) is 9.72. The van der Waals surface area contributed by atoms with Crippen molar-refractivity contribution in [2.75, 3.05) is 13.1 Å². The lowest BCUT2D eigenvalue weighted by Gasteiger charge is -2.32. The van der Waals surface area contributed by atoms with Gasteiger partial charge in [-0.1, -0.05) is 30.3 Å². The van der Waals surface area contributed by atoms with Crippen LogP contribution in [0, 0.1) is 5.92 Å². The van der Waals surface area contributed by atoms with Crippen molar-refractivity contribution >= 4 is 18.0 Å². The molecule has 4 heteroatoms. The number of carbonyl (C=O) groups excluding carboxylic acids is 1. The fourth-order valence-corrected chi connectivity index (χ4v) is 2.67. The number of benzene rings is 1. The van der Waals surface area contributed by atoms with Gasteiger partial charge in [-0.3, -0.25) is 9.59 Å². The molecule has 2 rings (SSSR count). The lowest BCUT2D eigenvalue weighted by Crippen LogP contribution is -2.39. The molecule has 112 valence electrons. The lowest BCUT2D eigenvalue weighted by atomic mass is 9.93. The summed E-state index contributed by atoms with van der Waals surface area (Å²) in [5.74, 6) is -0.440. The van der Waals surface area contributed by atoms with Crippen LogP contribution in [0.5, 0.6) is 0 Å². The molecule has 1 aliphatic rings. The Kier molecular flexibility index (Phi) is 5.55. The van der Waals surface area contributed by atoms with Gasteiger partial charge in [-0.15, -0.1) is 0 Å². The Morgan fingerprint density at radius 1 is 1.29 bits per heavy atom. The zero-order chi connectivity index (χ0) is 15.1. The van der Waals surface area contributed by atoms with E-state index in [1.54, 1.807) is 6.08 Å². The molecule has 0 aromatic heterocycles. The molecule has 0 unspecified atom stereocenters. The van der Waals surface area contributed by atoms with E-state index >= 15 is 0 Å². The van der Waals surface area contributed by atoms with Crippen LogP contribution in [0.25, 0.3) is 6.08 Å². The summed E-state index contributed by atoms with van der Waals surface area (Å²) in [6.45, 7) is 1.44. The quantitative estimate of drug-likeness (QED) is 0.847. The van der Waals surface area contributed by atoms with Crippen LogP contribution in [-0.4, -0.2) is 35.0 Å². The Hall–Kier alpha value is -2.10. The van der Waals surface area contributed by atoms with Crippen molar-refractivity contribution in [3.05, 3.63) is 42.0 Å². The Morgan fingerprint density at radius 2 is 2.05 bits per heavy atom. The molecule has 21 heavy (non-hydrogen) atoms. The van der Waals surface area contributed by atoms with Gasteiger partial charge in [-0.25, -0.2) is 0 Å². The number of carboxylic acid groups (broad SMARTS) is 1. The van der Waals surface area contributed by atoms with Crippen LogP contribution in [-0.2, 0) is 9.59 Å². The second-order valence-electron chi connectivity index (χ2n) is 5.47. The van der Waals surface area contributed by atoms with Crippen molar-refractivity contribution in [1.82, 2.24) is 4.90 Å². The van der Waals surface area contributed by atoms with Gasteiger partial charge in [-0.2, -0.15) is 0 Å². The standard InChI is InChI=1S/C17H21NO3/c19-16(10-8-14-5-2-1-3-6-14)18-12-4-7-15(13-18)9-11-17(20)21/h1-3,5-6,8,10,15H,4,7,9,11-13H2,(H,20,21)/b10-8-/t15-/m1/s1. The summed E-state index contributed by atoms with van der Waals surface area (Å²) in [4.78, 5) is 24.6. The maximum absolute atomic E-state index is 12.2. The van der Waals surface area contributed by atoms with Crippen molar-refractivity contribution in [1.29, 1.82) is 0 Å². The summed E-state index contributed by atoms with van der Waals surface area (Å²) in [5, 5.41) is 8.74. The average Bonchev–Trinajstić information content (AvgIpc) is 2.52. The van der Waals surface area contributed by atoms with Crippen molar-refractivity contribution in [3.8, 4) is 0 Å². The van der Waals surface area contributed by atoms with Crippen LogP contribution in [0.2, 0.25) is 0 Å². The Morgan fingerprint density at radius 3 is 2.76 bits per heavy atom. The number of likely N-dealkylation sites (tertiary alicyclic amines) is 1. The molecular formula is C17H21NO3. The van der Waals surface area contributed by atoms with Crippen molar-refractivity contribution < 1.29 is 14.7 Å². The molecule has 0 spiro atoms. The largest absolute Gasteiger partial charge is 0.481 e. The lowest BCUT2D eigenvalue weighted by molar-refractivity contribution is -0.137. The van der Waals surface area contributed by atoms with E-state index in [9.17, 15) is 9.59 Å². The molecule has 1 aliphatic heterocycles. The fourth-order valence-electron chi connectivity index (χ4n) is 2.67. The zero-order valence-corrected chi connectivity index (χ0v) is 12.1. The molecule has 0 saturated carbocycles. The number of carboxylic acids is 1. The molecule has 1 aromatic carbocycles. The molecule has 1 aromatic rings. The van der Waals surface area contributed by atoms with Gasteiger partial charge < -0.3 is 10.0 Å². The summed E-state index contributed by atoms with van der Waals surface area (Å²) in [5.41, 5.74) is 1.00. The first-order chi connectivity index (χ1) is 10.1. The molecule has 1 fully saturated rings. The number of aliphatic carboxylic acids is 1. The van der Waals surface area contributed by atoms with Gasteiger partial charge in [0.25, 0.3) is 0 Å². The number of nitrogens with zero attached hydrogens (tertiary/aromatic N) is 1. The molecule has 0 radical (unpaired) electrons. The maximum atomic E-state index is 12.2. The third kappa shape index (κ3) is 5.06. The number of amides is 1. The number of rotatable bonds is 5. The molecule has 1 N–H and O–H groups in total. The predicted molar refractivity (Wildman–Crippen MR) is 81.6 cm³/mol. The van der Waals surface area contributed by atoms with E-state index in [-0.39, 0.29) is 12.3 Å². The van der Waals surface area contributed by atoms with Crippen LogP contribution in [0.4, 0.5) is 0 Å². The number of piperidine rings is 1. The SMILES string of the molecule is O=C(O)CC[C@H]1CCCN(C(=O)/C=C\c2ccccc2)C1. The Bertz CT molecular complexity index is 510. The topological polar surface area (TPSA) is 57.6 Å². The van der Waals surface area contributed by atoms with E-state index in [0.717, 1.165) is 24.9 Å². The number of hydrogen-bond acceptors (Lipinski definition) is 2. The van der Waals surface area contributed by atoms with E-state index in [1.165, 1.54) is 0 Å². The van der Waals surface area contributed by atoms with Gasteiger partial charge in [0, 0.05) is 25.6 Å². The molecular weight excluding hydrogens is 266 g/mol. The zero-order valence-electron chi connectivity index (χ0n) is 12.1. The fraction of sp³-hybridized carbons (Fsp3) is 0.412. The first-order valence-electron chi connectivity index (χ1n) is 7.39. The summed E-state index contributed by atoms with van der Waals surface area (Å²) >= 11 is 0. The van der Waals surface area contributed by atoms with Gasteiger partial charge in [0.1, 0.15) is 0 Å². The third-order valence-corrected chi connectivity index (χ3v) is 3.82. The average molecular weight is 287 g/mol. The highest BCUT2D eigenvalue weighted by Gasteiger charge is 2.22. The van der Waals surface area contributed by atoms with Crippen LogP contribution >= 0.6 is 0 Å². The van der Waals surface area contributed by atoms with Crippen LogP contribution in [0.3, 0.4) is 0 Å². The first kappa shape index (κ1) is 15.3. The molecule has 4 nitrogen and oxygen atoms in total. The van der Waals surface area contributed by atoms with Gasteiger partial charge in [0.05, 0.1) is 0 Å².